The first kappa shape index (κ1) is 22.2. The average Bonchev–Trinajstić information content (AvgIpc) is 3.05. The Morgan fingerprint density at radius 2 is 1.75 bits per heavy atom. The molecule has 1 aromatic heterocycles. The summed E-state index contributed by atoms with van der Waals surface area (Å²) in [7, 11) is 1.25. The van der Waals surface area contributed by atoms with E-state index < -0.39 is 11.8 Å². The van der Waals surface area contributed by atoms with Crippen LogP contribution in [0.3, 0.4) is 0 Å². The summed E-state index contributed by atoms with van der Waals surface area (Å²) < 4.78 is 33.9. The Morgan fingerprint density at radius 3 is 2.44 bits per heavy atom. The minimum Gasteiger partial charge on any atom is -0.478 e. The summed E-state index contributed by atoms with van der Waals surface area (Å²) in [5, 5.41) is 0.165. The molecule has 0 amide bonds. The van der Waals surface area contributed by atoms with E-state index in [4.69, 9.17) is 32.7 Å². The molecular formula is C22H19Cl2FN2O5. The van der Waals surface area contributed by atoms with E-state index in [1.807, 2.05) is 0 Å². The molecule has 0 unspecified atom stereocenters. The summed E-state index contributed by atoms with van der Waals surface area (Å²) in [6.45, 7) is 0.779. The largest absolute Gasteiger partial charge is 0.478 e. The lowest BCUT2D eigenvalue weighted by atomic mass is 10.1. The molecule has 7 nitrogen and oxygen atoms in total. The van der Waals surface area contributed by atoms with Crippen molar-refractivity contribution in [1.29, 1.82) is 0 Å². The number of halogens is 3. The Kier molecular flexibility index (Phi) is 6.43. The van der Waals surface area contributed by atoms with Crippen molar-refractivity contribution in [1.82, 2.24) is 9.36 Å². The highest BCUT2D eigenvalue weighted by Gasteiger charge is 2.25. The summed E-state index contributed by atoms with van der Waals surface area (Å²) in [4.78, 5) is 24.3. The van der Waals surface area contributed by atoms with Gasteiger partial charge in [-0.25, -0.2) is 13.9 Å². The van der Waals surface area contributed by atoms with E-state index in [9.17, 15) is 14.0 Å². The second-order valence-electron chi connectivity index (χ2n) is 7.10. The van der Waals surface area contributed by atoms with Crippen molar-refractivity contribution in [3.8, 4) is 28.4 Å². The Morgan fingerprint density at radius 1 is 1.06 bits per heavy atom. The highest BCUT2D eigenvalue weighted by atomic mass is 35.5. The summed E-state index contributed by atoms with van der Waals surface area (Å²) in [5.41, 5.74) is -0.326. The number of methoxy groups -OCH3 is 1. The van der Waals surface area contributed by atoms with Crippen LogP contribution in [0, 0.1) is 5.82 Å². The van der Waals surface area contributed by atoms with Gasteiger partial charge in [0.05, 0.1) is 17.7 Å². The van der Waals surface area contributed by atoms with Crippen molar-refractivity contribution >= 4 is 29.2 Å². The van der Waals surface area contributed by atoms with Crippen molar-refractivity contribution < 1.29 is 23.4 Å². The van der Waals surface area contributed by atoms with Gasteiger partial charge in [0.15, 0.2) is 18.1 Å². The third-order valence-electron chi connectivity index (χ3n) is 5.10. The van der Waals surface area contributed by atoms with Crippen molar-refractivity contribution in [3.63, 3.8) is 0 Å². The van der Waals surface area contributed by atoms with Crippen molar-refractivity contribution in [2.24, 2.45) is 0 Å². The Hall–Kier alpha value is -2.97. The van der Waals surface area contributed by atoms with Gasteiger partial charge in [-0.05, 0) is 37.1 Å². The first-order valence-corrected chi connectivity index (χ1v) is 10.6. The molecule has 3 aromatic rings. The fraction of sp³-hybridized carbons (Fsp3) is 0.273. The number of carbonyl (C=O) groups excluding carboxylic acids is 1. The van der Waals surface area contributed by atoms with Gasteiger partial charge >= 0.3 is 5.97 Å². The lowest BCUT2D eigenvalue weighted by Crippen LogP contribution is -2.27. The van der Waals surface area contributed by atoms with Crippen LogP contribution in [-0.4, -0.2) is 29.0 Å². The van der Waals surface area contributed by atoms with Gasteiger partial charge in [0.1, 0.15) is 16.7 Å². The van der Waals surface area contributed by atoms with Crippen LogP contribution >= 0.6 is 23.2 Å². The smallest absolute Gasteiger partial charge is 0.343 e. The lowest BCUT2D eigenvalue weighted by Gasteiger charge is -2.17. The second kappa shape index (κ2) is 9.26. The van der Waals surface area contributed by atoms with Crippen LogP contribution in [0.15, 0.2) is 41.2 Å². The molecule has 0 saturated heterocycles. The maximum absolute atomic E-state index is 14.9. The predicted octanol–water partition coefficient (Wildman–Crippen LogP) is 4.90. The molecule has 0 radical (unpaired) electrons. The van der Waals surface area contributed by atoms with E-state index in [1.54, 1.807) is 28.9 Å². The topological polar surface area (TPSA) is 71.7 Å². The number of aromatic nitrogens is 2. The van der Waals surface area contributed by atoms with E-state index in [2.05, 4.69) is 4.74 Å². The third-order valence-corrected chi connectivity index (χ3v) is 5.78. The number of fused-ring (bicyclic) bond motifs is 1. The number of carbonyl (C=O) groups is 1. The molecule has 32 heavy (non-hydrogen) atoms. The van der Waals surface area contributed by atoms with Crippen LogP contribution in [0.4, 0.5) is 4.39 Å². The fourth-order valence-electron chi connectivity index (χ4n) is 3.52. The van der Waals surface area contributed by atoms with Crippen LogP contribution in [0.5, 0.6) is 17.2 Å². The molecule has 0 fully saturated rings. The molecule has 2 aromatic carbocycles. The number of para-hydroxylation sites is 2. The molecule has 1 aliphatic rings. The van der Waals surface area contributed by atoms with Gasteiger partial charge in [-0.15, -0.1) is 0 Å². The summed E-state index contributed by atoms with van der Waals surface area (Å²) >= 11 is 12.7. The number of hydrogen-bond acceptors (Lipinski definition) is 5. The monoisotopic (exact) mass is 480 g/mol. The molecule has 1 aliphatic heterocycles. The van der Waals surface area contributed by atoms with Gasteiger partial charge in [0, 0.05) is 18.7 Å². The zero-order valence-corrected chi connectivity index (χ0v) is 18.6. The van der Waals surface area contributed by atoms with E-state index in [1.165, 1.54) is 17.9 Å². The first-order chi connectivity index (χ1) is 15.4. The van der Waals surface area contributed by atoms with Crippen LogP contribution in [-0.2, 0) is 22.6 Å². The SMILES string of the molecule is COC(=O)COc1ccccc1Oc1cc(-c2c(Cl)n3n(c2=O)CCCC3)c(F)cc1Cl. The van der Waals surface area contributed by atoms with Crippen LogP contribution in [0.2, 0.25) is 10.2 Å². The van der Waals surface area contributed by atoms with Crippen LogP contribution < -0.4 is 15.0 Å². The predicted molar refractivity (Wildman–Crippen MR) is 117 cm³/mol. The summed E-state index contributed by atoms with van der Waals surface area (Å²) in [6, 6.07) is 9.01. The minimum absolute atomic E-state index is 0.00535. The lowest BCUT2D eigenvalue weighted by molar-refractivity contribution is -0.142. The number of rotatable bonds is 6. The van der Waals surface area contributed by atoms with Crippen molar-refractivity contribution in [3.05, 3.63) is 62.7 Å². The molecule has 2 heterocycles. The Bertz CT molecular complexity index is 1240. The third kappa shape index (κ3) is 4.20. The molecule has 0 saturated carbocycles. The van der Waals surface area contributed by atoms with Crippen molar-refractivity contribution in [2.45, 2.75) is 25.9 Å². The molecule has 0 spiro atoms. The van der Waals surface area contributed by atoms with Gasteiger partial charge in [-0.2, -0.15) is 0 Å². The standard InChI is InChI=1S/C22H19Cl2FN2O5/c1-30-19(28)12-31-16-6-2-3-7-17(16)32-18-10-13(15(25)11-14(18)23)20-21(24)26-8-4-5-9-27(26)22(20)29/h2-3,6-7,10-11H,4-5,8-9,12H2,1H3. The zero-order valence-electron chi connectivity index (χ0n) is 17.1. The van der Waals surface area contributed by atoms with E-state index in [0.717, 1.165) is 18.9 Å². The second-order valence-corrected chi connectivity index (χ2v) is 7.87. The van der Waals surface area contributed by atoms with Crippen molar-refractivity contribution in [2.75, 3.05) is 13.7 Å². The fourth-order valence-corrected chi connectivity index (χ4v) is 4.07. The normalized spacial score (nSPS) is 12.9. The van der Waals surface area contributed by atoms with Gasteiger partial charge in [0.2, 0.25) is 0 Å². The molecule has 0 bridgehead atoms. The van der Waals surface area contributed by atoms with E-state index >= 15 is 0 Å². The number of ether oxygens (including phenoxy) is 3. The Labute approximate surface area is 192 Å². The zero-order chi connectivity index (χ0) is 22.8. The molecule has 10 heteroatoms. The average molecular weight is 481 g/mol. The maximum atomic E-state index is 14.9. The first-order valence-electron chi connectivity index (χ1n) is 9.85. The highest BCUT2D eigenvalue weighted by Crippen LogP contribution is 2.39. The highest BCUT2D eigenvalue weighted by molar-refractivity contribution is 6.33. The molecule has 4 rings (SSSR count). The van der Waals surface area contributed by atoms with Gasteiger partial charge in [-0.3, -0.25) is 9.48 Å². The summed E-state index contributed by atoms with van der Waals surface area (Å²) in [6.07, 6.45) is 1.73. The molecular weight excluding hydrogens is 462 g/mol. The molecule has 168 valence electrons. The van der Waals surface area contributed by atoms with Gasteiger partial charge < -0.3 is 14.2 Å². The molecule has 0 aliphatic carbocycles. The number of benzene rings is 2. The van der Waals surface area contributed by atoms with E-state index in [0.29, 0.717) is 13.1 Å². The summed E-state index contributed by atoms with van der Waals surface area (Å²) in [5.74, 6) is -0.649. The quantitative estimate of drug-likeness (QED) is 0.469. The molecule has 0 atom stereocenters. The van der Waals surface area contributed by atoms with Gasteiger partial charge in [0.25, 0.3) is 5.56 Å². The van der Waals surface area contributed by atoms with E-state index in [-0.39, 0.29) is 50.7 Å². The maximum Gasteiger partial charge on any atom is 0.343 e. The van der Waals surface area contributed by atoms with Crippen LogP contribution in [0.1, 0.15) is 12.8 Å². The Balaban J connectivity index is 1.72. The molecule has 0 N–H and O–H groups in total. The number of esters is 1. The number of hydrogen-bond donors (Lipinski definition) is 0. The minimum atomic E-state index is -0.694. The van der Waals surface area contributed by atoms with Crippen LogP contribution in [0.25, 0.3) is 11.1 Å². The number of nitrogens with zero attached hydrogens (tertiary/aromatic N) is 2. The van der Waals surface area contributed by atoms with Gasteiger partial charge in [-0.1, -0.05) is 35.3 Å².